The molecular formula is C9H21N2+. The summed E-state index contributed by atoms with van der Waals surface area (Å²) in [5.74, 6) is 0.618. The molecule has 0 amide bonds. The van der Waals surface area contributed by atoms with Gasteiger partial charge in [0.2, 0.25) is 0 Å². The fourth-order valence-corrected chi connectivity index (χ4v) is 0.867. The molecule has 0 saturated heterocycles. The van der Waals surface area contributed by atoms with Gasteiger partial charge in [0, 0.05) is 0 Å². The maximum absolute atomic E-state index is 4.53. The molecule has 0 aromatic carbocycles. The molecule has 2 heteroatoms. The van der Waals surface area contributed by atoms with Crippen molar-refractivity contribution in [3.8, 4) is 0 Å². The minimum Gasteiger partial charge on any atom is -0.205 e. The van der Waals surface area contributed by atoms with Crippen LogP contribution in [-0.2, 0) is 0 Å². The van der Waals surface area contributed by atoms with Gasteiger partial charge in [0.1, 0.15) is 0 Å². The van der Waals surface area contributed by atoms with Gasteiger partial charge in [-0.1, -0.05) is 18.9 Å². The van der Waals surface area contributed by atoms with Crippen LogP contribution in [-0.4, -0.2) is 31.4 Å². The lowest BCUT2D eigenvalue weighted by atomic mass is 10.1. The standard InChI is InChI=1S/C9H21N2/c1-7-8(2)9(3)10-11(4,5)6/h8H,7H2,1-6H3/q+1. The zero-order chi connectivity index (χ0) is 9.07. The topological polar surface area (TPSA) is 12.4 Å². The summed E-state index contributed by atoms with van der Waals surface area (Å²) in [6.45, 7) is 6.52. The van der Waals surface area contributed by atoms with Crippen molar-refractivity contribution in [2.75, 3.05) is 21.1 Å². The first-order chi connectivity index (χ1) is 4.87. The van der Waals surface area contributed by atoms with Crippen molar-refractivity contribution in [2.24, 2.45) is 11.0 Å². The van der Waals surface area contributed by atoms with Gasteiger partial charge >= 0.3 is 0 Å². The molecular weight excluding hydrogens is 136 g/mol. The molecule has 0 aliphatic carbocycles. The van der Waals surface area contributed by atoms with Crippen LogP contribution in [0.3, 0.4) is 0 Å². The molecule has 0 aromatic rings. The van der Waals surface area contributed by atoms with Crippen LogP contribution in [0, 0.1) is 5.92 Å². The Morgan fingerprint density at radius 3 is 2.09 bits per heavy atom. The number of nitrogens with zero attached hydrogens (tertiary/aromatic N) is 2. The molecule has 0 rings (SSSR count). The Morgan fingerprint density at radius 1 is 1.36 bits per heavy atom. The van der Waals surface area contributed by atoms with Gasteiger partial charge in [-0.3, -0.25) is 0 Å². The van der Waals surface area contributed by atoms with Crippen LogP contribution in [0.1, 0.15) is 27.2 Å². The van der Waals surface area contributed by atoms with Crippen LogP contribution in [0.4, 0.5) is 0 Å². The summed E-state index contributed by atoms with van der Waals surface area (Å²) < 4.78 is 0.677. The van der Waals surface area contributed by atoms with Crippen LogP contribution in [0.5, 0.6) is 0 Å². The monoisotopic (exact) mass is 157 g/mol. The van der Waals surface area contributed by atoms with Crippen LogP contribution in [0.25, 0.3) is 0 Å². The second-order valence-electron chi connectivity index (χ2n) is 3.99. The zero-order valence-electron chi connectivity index (χ0n) is 8.68. The van der Waals surface area contributed by atoms with Gasteiger partial charge in [0.05, 0.1) is 26.9 Å². The smallest absolute Gasteiger partial charge is 0.0923 e. The number of hydrogen-bond acceptors (Lipinski definition) is 1. The van der Waals surface area contributed by atoms with E-state index in [0.29, 0.717) is 10.5 Å². The Hall–Kier alpha value is -0.370. The van der Waals surface area contributed by atoms with Gasteiger partial charge in [-0.05, 0) is 19.3 Å². The van der Waals surface area contributed by atoms with E-state index in [1.54, 1.807) is 0 Å². The lowest BCUT2D eigenvalue weighted by Gasteiger charge is -2.18. The van der Waals surface area contributed by atoms with E-state index in [9.17, 15) is 0 Å². The van der Waals surface area contributed by atoms with Crippen molar-refractivity contribution in [2.45, 2.75) is 27.2 Å². The highest BCUT2D eigenvalue weighted by atomic mass is 15.6. The first-order valence-electron chi connectivity index (χ1n) is 4.25. The molecule has 66 valence electrons. The lowest BCUT2D eigenvalue weighted by Crippen LogP contribution is -2.29. The molecule has 0 spiro atoms. The largest absolute Gasteiger partial charge is 0.205 e. The van der Waals surface area contributed by atoms with Crippen molar-refractivity contribution < 1.29 is 4.59 Å². The highest BCUT2D eigenvalue weighted by Crippen LogP contribution is 2.05. The lowest BCUT2D eigenvalue weighted by molar-refractivity contribution is -0.877. The fraction of sp³-hybridized carbons (Fsp3) is 0.889. The summed E-state index contributed by atoms with van der Waals surface area (Å²) in [4.78, 5) is 0. The summed E-state index contributed by atoms with van der Waals surface area (Å²) in [5.41, 5.74) is 1.25. The first-order valence-corrected chi connectivity index (χ1v) is 4.25. The molecule has 0 aromatic heterocycles. The first kappa shape index (κ1) is 10.6. The quantitative estimate of drug-likeness (QED) is 0.338. The van der Waals surface area contributed by atoms with E-state index in [-0.39, 0.29) is 0 Å². The van der Waals surface area contributed by atoms with Crippen LogP contribution in [0.15, 0.2) is 5.10 Å². The molecule has 2 nitrogen and oxygen atoms in total. The number of rotatable bonds is 3. The van der Waals surface area contributed by atoms with Crippen LogP contribution in [0.2, 0.25) is 0 Å². The molecule has 0 heterocycles. The Balaban J connectivity index is 4.22. The highest BCUT2D eigenvalue weighted by molar-refractivity contribution is 5.83. The molecule has 0 aliphatic rings. The Kier molecular flexibility index (Phi) is 3.73. The van der Waals surface area contributed by atoms with Gasteiger partial charge in [-0.2, -0.15) is 0 Å². The summed E-state index contributed by atoms with van der Waals surface area (Å²) in [5, 5.41) is 4.53. The molecule has 0 N–H and O–H groups in total. The van der Waals surface area contributed by atoms with Crippen molar-refractivity contribution in [1.29, 1.82) is 0 Å². The maximum atomic E-state index is 4.53. The summed E-state index contributed by atoms with van der Waals surface area (Å²) in [6, 6.07) is 0. The summed E-state index contributed by atoms with van der Waals surface area (Å²) in [7, 11) is 6.23. The number of hydrogen-bond donors (Lipinski definition) is 0. The minimum absolute atomic E-state index is 0.618. The molecule has 0 fully saturated rings. The van der Waals surface area contributed by atoms with Gasteiger partial charge in [0.15, 0.2) is 0 Å². The van der Waals surface area contributed by atoms with Gasteiger partial charge < -0.3 is 0 Å². The van der Waals surface area contributed by atoms with Gasteiger partial charge in [-0.25, -0.2) is 4.59 Å². The van der Waals surface area contributed by atoms with Crippen LogP contribution < -0.4 is 0 Å². The van der Waals surface area contributed by atoms with Crippen LogP contribution >= 0.6 is 0 Å². The molecule has 1 atom stereocenters. The van der Waals surface area contributed by atoms with Gasteiger partial charge in [0.25, 0.3) is 0 Å². The minimum atomic E-state index is 0.618. The predicted molar refractivity (Wildman–Crippen MR) is 50.6 cm³/mol. The van der Waals surface area contributed by atoms with Crippen molar-refractivity contribution >= 4 is 5.71 Å². The third kappa shape index (κ3) is 4.96. The van der Waals surface area contributed by atoms with E-state index in [4.69, 9.17) is 0 Å². The Morgan fingerprint density at radius 2 is 1.82 bits per heavy atom. The van der Waals surface area contributed by atoms with Crippen molar-refractivity contribution in [3.05, 3.63) is 0 Å². The summed E-state index contributed by atoms with van der Waals surface area (Å²) >= 11 is 0. The third-order valence-corrected chi connectivity index (χ3v) is 1.78. The second kappa shape index (κ2) is 3.86. The molecule has 11 heavy (non-hydrogen) atoms. The van der Waals surface area contributed by atoms with E-state index in [1.807, 2.05) is 0 Å². The second-order valence-corrected chi connectivity index (χ2v) is 3.99. The van der Waals surface area contributed by atoms with E-state index >= 15 is 0 Å². The molecule has 0 bridgehead atoms. The zero-order valence-corrected chi connectivity index (χ0v) is 8.68. The van der Waals surface area contributed by atoms with E-state index in [1.165, 1.54) is 12.1 Å². The molecule has 0 saturated carbocycles. The maximum Gasteiger partial charge on any atom is 0.0923 e. The predicted octanol–water partition coefficient (Wildman–Crippen LogP) is 2.11. The number of quaternary nitrogens is 1. The highest BCUT2D eigenvalue weighted by Gasteiger charge is 2.09. The average molecular weight is 157 g/mol. The van der Waals surface area contributed by atoms with Crippen molar-refractivity contribution in [3.63, 3.8) is 0 Å². The Labute approximate surface area is 70.5 Å². The molecule has 0 aliphatic heterocycles. The fourth-order valence-electron chi connectivity index (χ4n) is 0.867. The summed E-state index contributed by atoms with van der Waals surface area (Å²) in [6.07, 6.45) is 1.18. The molecule has 0 radical (unpaired) electrons. The van der Waals surface area contributed by atoms with Gasteiger partial charge in [-0.15, -0.1) is 0 Å². The van der Waals surface area contributed by atoms with E-state index in [0.717, 1.165) is 0 Å². The average Bonchev–Trinajstić information content (AvgIpc) is 1.82. The van der Waals surface area contributed by atoms with E-state index < -0.39 is 0 Å². The van der Waals surface area contributed by atoms with Crippen molar-refractivity contribution in [1.82, 2.24) is 0 Å². The third-order valence-electron chi connectivity index (χ3n) is 1.78. The SMILES string of the molecule is CCC(C)C(C)=N[N+](C)(C)C. The Bertz CT molecular complexity index is 142. The normalized spacial score (nSPS) is 16.7. The van der Waals surface area contributed by atoms with E-state index in [2.05, 4.69) is 47.0 Å². The molecule has 1 unspecified atom stereocenters.